The fourth-order valence-corrected chi connectivity index (χ4v) is 5.86. The third-order valence-electron chi connectivity index (χ3n) is 4.35. The first-order valence-corrected chi connectivity index (χ1v) is 9.77. The number of hydrogen-bond donors (Lipinski definition) is 1. The summed E-state index contributed by atoms with van der Waals surface area (Å²) in [7, 11) is -0.615. The van der Waals surface area contributed by atoms with Crippen molar-refractivity contribution in [1.82, 2.24) is 0 Å². The fourth-order valence-electron chi connectivity index (χ4n) is 3.18. The van der Waals surface area contributed by atoms with Gasteiger partial charge in [-0.2, -0.15) is 0 Å². The number of phenolic OH excluding ortho intramolecular Hbond substituents is 1. The standard InChI is InChI=1S/C23H19OP/c24-20-16-14-19(15-17-20)23-13-7-12-22(18-8-3-1-4-9-18)25(23)21-10-5-2-6-11-21/h1-6,8-17,24H,7H2. The number of rotatable bonds is 3. The molecule has 1 nitrogen and oxygen atoms in total. The van der Waals surface area contributed by atoms with Gasteiger partial charge < -0.3 is 5.11 Å². The van der Waals surface area contributed by atoms with Crippen LogP contribution in [0.2, 0.25) is 0 Å². The molecule has 2 heteroatoms. The summed E-state index contributed by atoms with van der Waals surface area (Å²) >= 11 is 0. The molecule has 1 N–H and O–H groups in total. The lowest BCUT2D eigenvalue weighted by Gasteiger charge is -2.28. The summed E-state index contributed by atoms with van der Waals surface area (Å²) in [4.78, 5) is 0. The van der Waals surface area contributed by atoms with E-state index in [4.69, 9.17) is 0 Å². The molecule has 0 aliphatic carbocycles. The molecule has 3 aromatic rings. The Morgan fingerprint density at radius 2 is 1.12 bits per heavy atom. The fraction of sp³-hybridized carbons (Fsp3) is 0.0435. The minimum atomic E-state index is -0.615. The van der Waals surface area contributed by atoms with Crippen LogP contribution >= 0.6 is 7.92 Å². The largest absolute Gasteiger partial charge is 0.508 e. The molecule has 0 saturated heterocycles. The number of phenols is 1. The normalized spacial score (nSPS) is 16.9. The van der Waals surface area contributed by atoms with E-state index in [0.717, 1.165) is 6.42 Å². The Bertz CT molecular complexity index is 909. The molecule has 4 rings (SSSR count). The molecule has 1 heterocycles. The maximum Gasteiger partial charge on any atom is 0.115 e. The zero-order valence-corrected chi connectivity index (χ0v) is 14.7. The van der Waals surface area contributed by atoms with Crippen LogP contribution < -0.4 is 5.30 Å². The molecule has 0 bridgehead atoms. The van der Waals surface area contributed by atoms with Gasteiger partial charge in [-0.05, 0) is 53.5 Å². The number of benzene rings is 3. The number of allylic oxidation sites excluding steroid dienone is 2. The second-order valence-electron chi connectivity index (χ2n) is 6.00. The molecule has 1 unspecified atom stereocenters. The van der Waals surface area contributed by atoms with Gasteiger partial charge in [0.05, 0.1) is 0 Å². The average Bonchev–Trinajstić information content (AvgIpc) is 2.69. The van der Waals surface area contributed by atoms with Gasteiger partial charge in [-0.15, -0.1) is 0 Å². The van der Waals surface area contributed by atoms with Crippen molar-refractivity contribution in [2.24, 2.45) is 0 Å². The third-order valence-corrected chi connectivity index (χ3v) is 7.01. The molecule has 122 valence electrons. The van der Waals surface area contributed by atoms with E-state index >= 15 is 0 Å². The van der Waals surface area contributed by atoms with Gasteiger partial charge in [-0.25, -0.2) is 0 Å². The van der Waals surface area contributed by atoms with Gasteiger partial charge >= 0.3 is 0 Å². The highest BCUT2D eigenvalue weighted by Crippen LogP contribution is 2.61. The minimum absolute atomic E-state index is 0.308. The first kappa shape index (κ1) is 15.9. The van der Waals surface area contributed by atoms with E-state index in [-0.39, 0.29) is 0 Å². The molecule has 1 aliphatic rings. The Balaban J connectivity index is 1.84. The SMILES string of the molecule is Oc1ccc(C2=CCC=C(c3ccccc3)P2c2ccccc2)cc1. The van der Waals surface area contributed by atoms with Crippen LogP contribution in [-0.4, -0.2) is 5.11 Å². The first-order valence-electron chi connectivity index (χ1n) is 8.43. The van der Waals surface area contributed by atoms with Crippen molar-refractivity contribution in [3.63, 3.8) is 0 Å². The quantitative estimate of drug-likeness (QED) is 0.580. The van der Waals surface area contributed by atoms with Gasteiger partial charge in [-0.1, -0.05) is 84.9 Å². The summed E-state index contributed by atoms with van der Waals surface area (Å²) in [6.07, 6.45) is 5.63. The van der Waals surface area contributed by atoms with Crippen LogP contribution in [0.3, 0.4) is 0 Å². The van der Waals surface area contributed by atoms with E-state index in [0.29, 0.717) is 5.75 Å². The zero-order valence-electron chi connectivity index (χ0n) is 13.8. The van der Waals surface area contributed by atoms with Crippen molar-refractivity contribution in [3.8, 4) is 5.75 Å². The minimum Gasteiger partial charge on any atom is -0.508 e. The van der Waals surface area contributed by atoms with Crippen molar-refractivity contribution in [2.75, 3.05) is 0 Å². The second kappa shape index (κ2) is 7.09. The van der Waals surface area contributed by atoms with E-state index in [1.807, 2.05) is 12.1 Å². The summed E-state index contributed by atoms with van der Waals surface area (Å²) in [6.45, 7) is 0. The molecule has 0 spiro atoms. The molecule has 0 saturated carbocycles. The Morgan fingerprint density at radius 1 is 0.600 bits per heavy atom. The highest BCUT2D eigenvalue weighted by Gasteiger charge is 2.25. The topological polar surface area (TPSA) is 20.2 Å². The molecule has 0 radical (unpaired) electrons. The summed E-state index contributed by atoms with van der Waals surface area (Å²) in [6, 6.07) is 29.0. The van der Waals surface area contributed by atoms with Crippen LogP contribution in [0, 0.1) is 0 Å². The predicted molar refractivity (Wildman–Crippen MR) is 108 cm³/mol. The molecular weight excluding hydrogens is 323 g/mol. The highest BCUT2D eigenvalue weighted by atomic mass is 31.1. The Morgan fingerprint density at radius 3 is 1.72 bits per heavy atom. The van der Waals surface area contributed by atoms with Gasteiger partial charge in [0, 0.05) is 0 Å². The number of aromatic hydroxyl groups is 1. The Hall–Kier alpha value is -2.63. The maximum atomic E-state index is 9.64. The van der Waals surface area contributed by atoms with Gasteiger partial charge in [0.15, 0.2) is 0 Å². The lowest BCUT2D eigenvalue weighted by Crippen LogP contribution is -2.05. The molecule has 25 heavy (non-hydrogen) atoms. The maximum absolute atomic E-state index is 9.64. The summed E-state index contributed by atoms with van der Waals surface area (Å²) in [5.41, 5.74) is 2.48. The van der Waals surface area contributed by atoms with Gasteiger partial charge in [-0.3, -0.25) is 0 Å². The van der Waals surface area contributed by atoms with E-state index in [2.05, 4.69) is 72.8 Å². The van der Waals surface area contributed by atoms with Crippen molar-refractivity contribution in [1.29, 1.82) is 0 Å². The van der Waals surface area contributed by atoms with Gasteiger partial charge in [0.25, 0.3) is 0 Å². The summed E-state index contributed by atoms with van der Waals surface area (Å²) in [5.74, 6) is 0.308. The lowest BCUT2D eigenvalue weighted by molar-refractivity contribution is 0.475. The highest BCUT2D eigenvalue weighted by molar-refractivity contribution is 7.84. The van der Waals surface area contributed by atoms with Crippen molar-refractivity contribution < 1.29 is 5.11 Å². The molecule has 0 aromatic heterocycles. The van der Waals surface area contributed by atoms with Crippen LogP contribution in [0.5, 0.6) is 5.75 Å². The van der Waals surface area contributed by atoms with Crippen LogP contribution in [0.15, 0.2) is 97.1 Å². The average molecular weight is 342 g/mol. The van der Waals surface area contributed by atoms with Crippen molar-refractivity contribution in [2.45, 2.75) is 6.42 Å². The van der Waals surface area contributed by atoms with E-state index in [1.54, 1.807) is 12.1 Å². The van der Waals surface area contributed by atoms with Gasteiger partial charge in [0.1, 0.15) is 5.75 Å². The predicted octanol–water partition coefficient (Wildman–Crippen LogP) is 5.99. The van der Waals surface area contributed by atoms with E-state index in [9.17, 15) is 5.11 Å². The third kappa shape index (κ3) is 3.29. The van der Waals surface area contributed by atoms with Crippen LogP contribution in [0.1, 0.15) is 17.5 Å². The molecule has 1 aliphatic heterocycles. The zero-order chi connectivity index (χ0) is 17.1. The van der Waals surface area contributed by atoms with Crippen molar-refractivity contribution >= 4 is 23.9 Å². The lowest BCUT2D eigenvalue weighted by atomic mass is 10.1. The Kier molecular flexibility index (Phi) is 4.50. The van der Waals surface area contributed by atoms with Crippen molar-refractivity contribution in [3.05, 3.63) is 108 Å². The molecule has 1 atom stereocenters. The van der Waals surface area contributed by atoms with Crippen LogP contribution in [-0.2, 0) is 0 Å². The molecular formula is C23H19OP. The number of hydrogen-bond acceptors (Lipinski definition) is 1. The smallest absolute Gasteiger partial charge is 0.115 e. The molecule has 3 aromatic carbocycles. The second-order valence-corrected chi connectivity index (χ2v) is 8.15. The molecule has 0 fully saturated rings. The van der Waals surface area contributed by atoms with Crippen LogP contribution in [0.4, 0.5) is 0 Å². The monoisotopic (exact) mass is 342 g/mol. The first-order chi connectivity index (χ1) is 12.3. The van der Waals surface area contributed by atoms with E-state index < -0.39 is 7.92 Å². The summed E-state index contributed by atoms with van der Waals surface area (Å²) in [5, 5.41) is 13.8. The van der Waals surface area contributed by atoms with E-state index in [1.165, 1.54) is 27.1 Å². The molecule has 0 amide bonds. The summed E-state index contributed by atoms with van der Waals surface area (Å²) < 4.78 is 0. The Labute approximate surface area is 149 Å². The van der Waals surface area contributed by atoms with Gasteiger partial charge in [0.2, 0.25) is 0 Å². The van der Waals surface area contributed by atoms with Crippen LogP contribution in [0.25, 0.3) is 10.6 Å².